The Morgan fingerprint density at radius 3 is 2.29 bits per heavy atom. The molecule has 2 nitrogen and oxygen atoms in total. The van der Waals surface area contributed by atoms with Crippen LogP contribution in [0.3, 0.4) is 0 Å². The second-order valence-corrected chi connectivity index (χ2v) is 5.29. The van der Waals surface area contributed by atoms with Gasteiger partial charge in [-0.1, -0.05) is 51.1 Å². The van der Waals surface area contributed by atoms with Crippen LogP contribution in [0.2, 0.25) is 0 Å². The molecule has 0 aliphatic rings. The van der Waals surface area contributed by atoms with Crippen molar-refractivity contribution in [2.45, 2.75) is 39.0 Å². The van der Waals surface area contributed by atoms with Gasteiger partial charge < -0.3 is 5.73 Å². The van der Waals surface area contributed by atoms with Crippen molar-refractivity contribution in [1.29, 1.82) is 0 Å². The molecule has 17 heavy (non-hydrogen) atoms. The maximum atomic E-state index is 10.5. The van der Waals surface area contributed by atoms with Crippen LogP contribution in [0, 0.1) is 0 Å². The molecule has 1 aromatic carbocycles. The van der Waals surface area contributed by atoms with Gasteiger partial charge in [-0.2, -0.15) is 0 Å². The fourth-order valence-electron chi connectivity index (χ4n) is 1.62. The summed E-state index contributed by atoms with van der Waals surface area (Å²) in [6.07, 6.45) is 5.02. The van der Waals surface area contributed by atoms with Crippen molar-refractivity contribution in [2.24, 2.45) is 5.73 Å². The Labute approximate surface area is 104 Å². The summed E-state index contributed by atoms with van der Waals surface area (Å²) in [6, 6.07) is 8.65. The van der Waals surface area contributed by atoms with E-state index < -0.39 is 0 Å². The van der Waals surface area contributed by atoms with Crippen LogP contribution in [0.5, 0.6) is 0 Å². The van der Waals surface area contributed by atoms with E-state index in [1.807, 2.05) is 6.08 Å². The quantitative estimate of drug-likeness (QED) is 0.795. The van der Waals surface area contributed by atoms with Crippen molar-refractivity contribution >= 4 is 5.91 Å². The molecule has 92 valence electrons. The molecule has 0 radical (unpaired) electrons. The van der Waals surface area contributed by atoms with Crippen molar-refractivity contribution in [3.8, 4) is 0 Å². The zero-order valence-corrected chi connectivity index (χ0v) is 10.9. The number of amides is 1. The highest BCUT2D eigenvalue weighted by Crippen LogP contribution is 2.22. The summed E-state index contributed by atoms with van der Waals surface area (Å²) in [5.74, 6) is -0.381. The zero-order valence-electron chi connectivity index (χ0n) is 10.9. The molecule has 0 unspecified atom stereocenters. The summed E-state index contributed by atoms with van der Waals surface area (Å²) in [4.78, 5) is 10.5. The maximum Gasteiger partial charge on any atom is 0.241 e. The monoisotopic (exact) mass is 231 g/mol. The van der Waals surface area contributed by atoms with Gasteiger partial charge in [-0.25, -0.2) is 0 Å². The number of hydrogen-bond acceptors (Lipinski definition) is 1. The molecular formula is C15H21NO. The molecule has 2 N–H and O–H groups in total. The third-order valence-corrected chi connectivity index (χ3v) is 2.70. The lowest BCUT2D eigenvalue weighted by Gasteiger charge is -2.19. The van der Waals surface area contributed by atoms with Crippen LogP contribution in [0.25, 0.3) is 0 Å². The molecule has 1 rings (SSSR count). The van der Waals surface area contributed by atoms with E-state index in [9.17, 15) is 4.79 Å². The molecule has 0 atom stereocenters. The SMILES string of the molecule is CC(C)(C)c1ccc(CC/C=C\C(N)=O)cc1. The number of allylic oxidation sites excluding steroid dienone is 1. The molecular weight excluding hydrogens is 210 g/mol. The van der Waals surface area contributed by atoms with Crippen LogP contribution in [0.4, 0.5) is 0 Å². The lowest BCUT2D eigenvalue weighted by atomic mass is 9.86. The fraction of sp³-hybridized carbons (Fsp3) is 0.400. The molecule has 0 bridgehead atoms. The summed E-state index contributed by atoms with van der Waals surface area (Å²) < 4.78 is 0. The molecule has 0 heterocycles. The number of hydrogen-bond donors (Lipinski definition) is 1. The average molecular weight is 231 g/mol. The van der Waals surface area contributed by atoms with Crippen molar-refractivity contribution in [2.75, 3.05) is 0 Å². The number of carbonyl (C=O) groups is 1. The van der Waals surface area contributed by atoms with Gasteiger partial charge in [0.1, 0.15) is 0 Å². The Bertz CT molecular complexity index is 396. The van der Waals surface area contributed by atoms with E-state index >= 15 is 0 Å². The Morgan fingerprint density at radius 2 is 1.82 bits per heavy atom. The van der Waals surface area contributed by atoms with E-state index in [2.05, 4.69) is 45.0 Å². The van der Waals surface area contributed by atoms with Gasteiger partial charge >= 0.3 is 0 Å². The van der Waals surface area contributed by atoms with Gasteiger partial charge in [0.2, 0.25) is 5.91 Å². The van der Waals surface area contributed by atoms with Gasteiger partial charge in [0.05, 0.1) is 0 Å². The van der Waals surface area contributed by atoms with Gasteiger partial charge in [0, 0.05) is 0 Å². The van der Waals surface area contributed by atoms with Gasteiger partial charge in [-0.15, -0.1) is 0 Å². The summed E-state index contributed by atoms with van der Waals surface area (Å²) in [5.41, 5.74) is 7.84. The number of benzene rings is 1. The molecule has 0 saturated heterocycles. The molecule has 0 fully saturated rings. The number of nitrogens with two attached hydrogens (primary N) is 1. The standard InChI is InChI=1S/C15H21NO/c1-15(2,3)13-10-8-12(9-11-13)6-4-5-7-14(16)17/h5,7-11H,4,6H2,1-3H3,(H2,16,17)/b7-5-. The highest BCUT2D eigenvalue weighted by molar-refractivity contribution is 5.85. The van der Waals surface area contributed by atoms with E-state index in [-0.39, 0.29) is 11.3 Å². The first-order valence-corrected chi connectivity index (χ1v) is 5.95. The van der Waals surface area contributed by atoms with E-state index in [1.54, 1.807) is 0 Å². The average Bonchev–Trinajstić information content (AvgIpc) is 2.23. The van der Waals surface area contributed by atoms with Gasteiger partial charge in [-0.3, -0.25) is 4.79 Å². The van der Waals surface area contributed by atoms with Crippen LogP contribution in [0.1, 0.15) is 38.3 Å². The molecule has 0 spiro atoms. The van der Waals surface area contributed by atoms with E-state index in [4.69, 9.17) is 5.73 Å². The summed E-state index contributed by atoms with van der Waals surface area (Å²) in [6.45, 7) is 6.62. The van der Waals surface area contributed by atoms with E-state index in [1.165, 1.54) is 17.2 Å². The minimum Gasteiger partial charge on any atom is -0.366 e. The first kappa shape index (κ1) is 13.5. The third kappa shape index (κ3) is 4.85. The van der Waals surface area contributed by atoms with E-state index in [0.717, 1.165) is 12.8 Å². The zero-order chi connectivity index (χ0) is 12.9. The lowest BCUT2D eigenvalue weighted by molar-refractivity contribution is -0.113. The Kier molecular flexibility index (Phi) is 4.50. The molecule has 0 aliphatic carbocycles. The fourth-order valence-corrected chi connectivity index (χ4v) is 1.62. The second kappa shape index (κ2) is 5.67. The van der Waals surface area contributed by atoms with Crippen LogP contribution in [-0.2, 0) is 16.6 Å². The van der Waals surface area contributed by atoms with Crippen molar-refractivity contribution in [3.05, 3.63) is 47.5 Å². The van der Waals surface area contributed by atoms with Crippen LogP contribution < -0.4 is 5.73 Å². The number of primary amides is 1. The number of rotatable bonds is 4. The highest BCUT2D eigenvalue weighted by atomic mass is 16.1. The molecule has 1 aromatic rings. The molecule has 0 aliphatic heterocycles. The normalized spacial score (nSPS) is 11.9. The minimum atomic E-state index is -0.381. The topological polar surface area (TPSA) is 43.1 Å². The molecule has 0 saturated carbocycles. The molecule has 2 heteroatoms. The third-order valence-electron chi connectivity index (χ3n) is 2.70. The largest absolute Gasteiger partial charge is 0.366 e. The number of aryl methyl sites for hydroxylation is 1. The maximum absolute atomic E-state index is 10.5. The summed E-state index contributed by atoms with van der Waals surface area (Å²) in [5, 5.41) is 0. The Hall–Kier alpha value is -1.57. The summed E-state index contributed by atoms with van der Waals surface area (Å²) in [7, 11) is 0. The number of carbonyl (C=O) groups excluding carboxylic acids is 1. The smallest absolute Gasteiger partial charge is 0.241 e. The van der Waals surface area contributed by atoms with Crippen LogP contribution in [0.15, 0.2) is 36.4 Å². The van der Waals surface area contributed by atoms with Gasteiger partial charge in [0.25, 0.3) is 0 Å². The predicted octanol–water partition coefficient (Wildman–Crippen LogP) is 2.96. The Balaban J connectivity index is 2.55. The minimum absolute atomic E-state index is 0.199. The first-order valence-electron chi connectivity index (χ1n) is 5.95. The van der Waals surface area contributed by atoms with Crippen molar-refractivity contribution in [1.82, 2.24) is 0 Å². The van der Waals surface area contributed by atoms with E-state index in [0.29, 0.717) is 0 Å². The summed E-state index contributed by atoms with van der Waals surface area (Å²) >= 11 is 0. The van der Waals surface area contributed by atoms with Gasteiger partial charge in [-0.05, 0) is 35.5 Å². The van der Waals surface area contributed by atoms with Crippen molar-refractivity contribution < 1.29 is 4.79 Å². The molecule has 1 amide bonds. The molecule has 0 aromatic heterocycles. The van der Waals surface area contributed by atoms with Crippen LogP contribution in [-0.4, -0.2) is 5.91 Å². The van der Waals surface area contributed by atoms with Gasteiger partial charge in [0.15, 0.2) is 0 Å². The first-order chi connectivity index (χ1) is 7.89. The van der Waals surface area contributed by atoms with Crippen LogP contribution >= 0.6 is 0 Å². The lowest BCUT2D eigenvalue weighted by Crippen LogP contribution is -2.10. The Morgan fingerprint density at radius 1 is 1.24 bits per heavy atom. The second-order valence-electron chi connectivity index (χ2n) is 5.29. The predicted molar refractivity (Wildman–Crippen MR) is 71.8 cm³/mol. The highest BCUT2D eigenvalue weighted by Gasteiger charge is 2.12. The van der Waals surface area contributed by atoms with Crippen molar-refractivity contribution in [3.63, 3.8) is 0 Å².